The topological polar surface area (TPSA) is 101 Å². The average Bonchev–Trinajstić information content (AvgIpc) is 2.87. The van der Waals surface area contributed by atoms with Gasteiger partial charge in [-0.1, -0.05) is 55.5 Å². The van der Waals surface area contributed by atoms with Crippen molar-refractivity contribution in [3.8, 4) is 0 Å². The molecule has 1 atom stereocenters. The van der Waals surface area contributed by atoms with Crippen LogP contribution in [0.1, 0.15) is 23.7 Å². The van der Waals surface area contributed by atoms with Gasteiger partial charge in [0.25, 0.3) is 11.6 Å². The number of rotatable bonds is 8. The van der Waals surface area contributed by atoms with Gasteiger partial charge in [-0.05, 0) is 42.1 Å². The van der Waals surface area contributed by atoms with E-state index in [0.717, 1.165) is 21.4 Å². The van der Waals surface area contributed by atoms with E-state index in [-0.39, 0.29) is 22.4 Å². The Hall–Kier alpha value is -4.17. The second kappa shape index (κ2) is 10.8. The molecule has 1 unspecified atom stereocenters. The average molecular weight is 486 g/mol. The molecule has 2 amide bonds. The van der Waals surface area contributed by atoms with Crippen LogP contribution in [0.2, 0.25) is 0 Å². The van der Waals surface area contributed by atoms with Gasteiger partial charge in [0, 0.05) is 39.4 Å². The van der Waals surface area contributed by atoms with Crippen molar-refractivity contribution in [2.75, 3.05) is 10.6 Å². The van der Waals surface area contributed by atoms with Crippen LogP contribution in [0, 0.1) is 10.1 Å². The summed E-state index contributed by atoms with van der Waals surface area (Å²) in [6.45, 7) is 1.95. The van der Waals surface area contributed by atoms with E-state index in [2.05, 4.69) is 10.6 Å². The number of benzene rings is 4. The number of hydrogen-bond acceptors (Lipinski definition) is 5. The van der Waals surface area contributed by atoms with E-state index >= 15 is 0 Å². The van der Waals surface area contributed by atoms with Crippen LogP contribution in [-0.4, -0.2) is 22.0 Å². The highest BCUT2D eigenvalue weighted by atomic mass is 32.2. The van der Waals surface area contributed by atoms with Crippen molar-refractivity contribution in [1.82, 2.24) is 0 Å². The Labute approximate surface area is 206 Å². The van der Waals surface area contributed by atoms with E-state index in [4.69, 9.17) is 0 Å². The third-order valence-corrected chi connectivity index (χ3v) is 6.76. The highest BCUT2D eigenvalue weighted by molar-refractivity contribution is 8.00. The molecule has 0 spiro atoms. The van der Waals surface area contributed by atoms with Gasteiger partial charge in [0.05, 0.1) is 10.2 Å². The first kappa shape index (κ1) is 24.0. The molecule has 0 radical (unpaired) electrons. The van der Waals surface area contributed by atoms with Gasteiger partial charge in [0.1, 0.15) is 0 Å². The predicted octanol–water partition coefficient (Wildman–Crippen LogP) is 6.51. The minimum Gasteiger partial charge on any atom is -0.325 e. The second-order valence-electron chi connectivity index (χ2n) is 7.82. The van der Waals surface area contributed by atoms with Crippen molar-refractivity contribution in [2.45, 2.75) is 23.5 Å². The number of carbonyl (C=O) groups excluding carboxylic acids is 2. The van der Waals surface area contributed by atoms with Gasteiger partial charge in [0.15, 0.2) is 0 Å². The van der Waals surface area contributed by atoms with Gasteiger partial charge >= 0.3 is 0 Å². The lowest BCUT2D eigenvalue weighted by Gasteiger charge is -2.16. The molecule has 0 aliphatic carbocycles. The molecule has 4 rings (SSSR count). The van der Waals surface area contributed by atoms with Crippen molar-refractivity contribution in [1.29, 1.82) is 0 Å². The van der Waals surface area contributed by atoms with E-state index in [1.165, 1.54) is 36.0 Å². The number of amides is 2. The van der Waals surface area contributed by atoms with Crippen LogP contribution in [0.3, 0.4) is 0 Å². The second-order valence-corrected chi connectivity index (χ2v) is 9.10. The molecule has 8 heteroatoms. The largest absolute Gasteiger partial charge is 0.325 e. The third kappa shape index (κ3) is 5.85. The lowest BCUT2D eigenvalue weighted by molar-refractivity contribution is -0.384. The first-order valence-corrected chi connectivity index (χ1v) is 11.9. The zero-order chi connectivity index (χ0) is 24.8. The number of nitrogens with zero attached hydrogens (tertiary/aromatic N) is 1. The van der Waals surface area contributed by atoms with Crippen LogP contribution in [0.4, 0.5) is 17.1 Å². The van der Waals surface area contributed by atoms with Gasteiger partial charge in [-0.25, -0.2) is 0 Å². The van der Waals surface area contributed by atoms with E-state index in [9.17, 15) is 19.7 Å². The van der Waals surface area contributed by atoms with Gasteiger partial charge in [-0.2, -0.15) is 0 Å². The van der Waals surface area contributed by atoms with Crippen LogP contribution >= 0.6 is 11.8 Å². The first-order chi connectivity index (χ1) is 16.9. The zero-order valence-electron chi connectivity index (χ0n) is 18.9. The molecule has 0 fully saturated rings. The minimum absolute atomic E-state index is 0.0973. The molecule has 35 heavy (non-hydrogen) atoms. The number of nitro groups is 1. The highest BCUT2D eigenvalue weighted by Crippen LogP contribution is 2.30. The summed E-state index contributed by atoms with van der Waals surface area (Å²) in [5, 5.41) is 18.5. The summed E-state index contributed by atoms with van der Waals surface area (Å²) >= 11 is 1.41. The Bertz CT molecular complexity index is 1400. The minimum atomic E-state index is -0.539. The Morgan fingerprint density at radius 2 is 1.66 bits per heavy atom. The summed E-state index contributed by atoms with van der Waals surface area (Å²) in [6, 6.07) is 26.4. The number of anilines is 2. The molecule has 4 aromatic rings. The number of nitrogens with one attached hydrogen (secondary N) is 2. The van der Waals surface area contributed by atoms with E-state index in [1.807, 2.05) is 55.5 Å². The van der Waals surface area contributed by atoms with E-state index in [0.29, 0.717) is 12.1 Å². The predicted molar refractivity (Wildman–Crippen MR) is 140 cm³/mol. The molecule has 176 valence electrons. The van der Waals surface area contributed by atoms with Gasteiger partial charge in [-0.15, -0.1) is 11.8 Å². The van der Waals surface area contributed by atoms with Gasteiger partial charge in [0.2, 0.25) is 5.91 Å². The number of non-ortho nitro benzene ring substituents is 1. The number of nitro benzene ring substituents is 1. The SMILES string of the molecule is CCC(Sc1cccc(NC(=O)c2cccc([N+](=O)[O-])c2)c1)C(=O)Nc1cccc2ccccc12. The number of carbonyl (C=O) groups is 2. The van der Waals surface area contributed by atoms with Crippen molar-refractivity contribution in [2.24, 2.45) is 0 Å². The Kier molecular flexibility index (Phi) is 7.42. The van der Waals surface area contributed by atoms with Crippen molar-refractivity contribution < 1.29 is 14.5 Å². The number of thioether (sulfide) groups is 1. The summed E-state index contributed by atoms with van der Waals surface area (Å²) in [6.07, 6.45) is 0.617. The van der Waals surface area contributed by atoms with Crippen LogP contribution in [0.5, 0.6) is 0 Å². The number of fused-ring (bicyclic) bond motifs is 1. The molecule has 0 saturated carbocycles. The molecule has 0 aliphatic heterocycles. The molecular weight excluding hydrogens is 462 g/mol. The molecule has 0 bridgehead atoms. The van der Waals surface area contributed by atoms with Crippen LogP contribution < -0.4 is 10.6 Å². The van der Waals surface area contributed by atoms with Crippen LogP contribution in [-0.2, 0) is 4.79 Å². The van der Waals surface area contributed by atoms with Gasteiger partial charge < -0.3 is 10.6 Å². The summed E-state index contributed by atoms with van der Waals surface area (Å²) < 4.78 is 0. The normalized spacial score (nSPS) is 11.6. The highest BCUT2D eigenvalue weighted by Gasteiger charge is 2.19. The Morgan fingerprint density at radius 1 is 0.914 bits per heavy atom. The van der Waals surface area contributed by atoms with Crippen molar-refractivity contribution in [3.05, 3.63) is 107 Å². The Balaban J connectivity index is 1.45. The van der Waals surface area contributed by atoms with Gasteiger partial charge in [-0.3, -0.25) is 19.7 Å². The smallest absolute Gasteiger partial charge is 0.270 e. The lowest BCUT2D eigenvalue weighted by atomic mass is 10.1. The molecule has 4 aromatic carbocycles. The molecule has 0 heterocycles. The van der Waals surface area contributed by atoms with E-state index < -0.39 is 10.8 Å². The molecule has 0 saturated heterocycles. The fourth-order valence-electron chi connectivity index (χ4n) is 3.65. The monoisotopic (exact) mass is 485 g/mol. The van der Waals surface area contributed by atoms with E-state index in [1.54, 1.807) is 18.2 Å². The first-order valence-electron chi connectivity index (χ1n) is 11.1. The summed E-state index contributed by atoms with van der Waals surface area (Å²) in [5.74, 6) is -0.545. The van der Waals surface area contributed by atoms with Crippen LogP contribution in [0.15, 0.2) is 95.9 Å². The maximum absolute atomic E-state index is 13.1. The van der Waals surface area contributed by atoms with Crippen molar-refractivity contribution in [3.63, 3.8) is 0 Å². The summed E-state index contributed by atoms with van der Waals surface area (Å²) in [7, 11) is 0. The van der Waals surface area contributed by atoms with Crippen molar-refractivity contribution >= 4 is 51.4 Å². The quantitative estimate of drug-likeness (QED) is 0.168. The molecular formula is C27H23N3O4S. The molecule has 7 nitrogen and oxygen atoms in total. The fraction of sp³-hybridized carbons (Fsp3) is 0.111. The third-order valence-electron chi connectivity index (χ3n) is 5.40. The zero-order valence-corrected chi connectivity index (χ0v) is 19.7. The lowest BCUT2D eigenvalue weighted by Crippen LogP contribution is -2.24. The standard InChI is InChI=1S/C27H23N3O4S/c1-2-25(27(32)29-24-15-6-9-18-8-3-4-14-23(18)24)35-22-13-7-11-20(17-22)28-26(31)19-10-5-12-21(16-19)30(33)34/h3-17,25H,2H2,1H3,(H,28,31)(H,29,32). The number of hydrogen-bond donors (Lipinski definition) is 2. The molecule has 2 N–H and O–H groups in total. The molecule has 0 aliphatic rings. The fourth-order valence-corrected chi connectivity index (χ4v) is 4.66. The Morgan fingerprint density at radius 3 is 2.46 bits per heavy atom. The maximum atomic E-state index is 13.1. The molecule has 0 aromatic heterocycles. The summed E-state index contributed by atoms with van der Waals surface area (Å²) in [4.78, 5) is 36.9. The summed E-state index contributed by atoms with van der Waals surface area (Å²) in [5.41, 5.74) is 1.35. The maximum Gasteiger partial charge on any atom is 0.270 e. The van der Waals surface area contributed by atoms with Crippen LogP contribution in [0.25, 0.3) is 10.8 Å².